The summed E-state index contributed by atoms with van der Waals surface area (Å²) in [5.41, 5.74) is 0. The molecule has 0 aliphatic rings. The Morgan fingerprint density at radius 1 is 0.833 bits per heavy atom. The Morgan fingerprint density at radius 3 is 1.83 bits per heavy atom. The third-order valence-corrected chi connectivity index (χ3v) is 3.24. The van der Waals surface area contributed by atoms with Crippen LogP contribution in [-0.2, 0) is 0 Å². The molecule has 0 saturated carbocycles. The van der Waals surface area contributed by atoms with Crippen molar-refractivity contribution < 1.29 is 18.3 Å². The average Bonchev–Trinajstić information content (AvgIpc) is 2.08. The van der Waals surface area contributed by atoms with Gasteiger partial charge in [0.1, 0.15) is 0 Å². The summed E-state index contributed by atoms with van der Waals surface area (Å²) >= 11 is 5.30. The highest BCUT2D eigenvalue weighted by atomic mass is 79.9. The third kappa shape index (κ3) is 1.33. The molecule has 0 saturated heterocycles. The maximum Gasteiger partial charge on any atom is 0.204 e. The molecule has 6 heteroatoms. The summed E-state index contributed by atoms with van der Waals surface area (Å²) < 4.78 is 37.0. The number of phenols is 1. The number of phenolic OH excluding ortho intramolecular Hbond substituents is 1. The Morgan fingerprint density at radius 2 is 1.33 bits per heavy atom. The number of benzene rings is 1. The number of aromatic hydroxyl groups is 1. The monoisotopic (exact) mass is 304 g/mol. The van der Waals surface area contributed by atoms with Gasteiger partial charge < -0.3 is 5.11 Å². The van der Waals surface area contributed by atoms with Crippen molar-refractivity contribution in [2.24, 2.45) is 0 Å². The Balaban J connectivity index is 3.60. The Labute approximate surface area is 82.5 Å². The van der Waals surface area contributed by atoms with Crippen molar-refractivity contribution in [2.75, 3.05) is 0 Å². The van der Waals surface area contributed by atoms with Gasteiger partial charge in [-0.1, -0.05) is 0 Å². The van der Waals surface area contributed by atoms with Crippen molar-refractivity contribution in [2.45, 2.75) is 0 Å². The smallest absolute Gasteiger partial charge is 0.204 e. The van der Waals surface area contributed by atoms with E-state index in [-0.39, 0.29) is 8.95 Å². The van der Waals surface area contributed by atoms with Crippen LogP contribution in [0.5, 0.6) is 5.75 Å². The van der Waals surface area contributed by atoms with E-state index in [1.807, 2.05) is 0 Å². The minimum absolute atomic E-state index is 0.251. The van der Waals surface area contributed by atoms with Gasteiger partial charge in [0.05, 0.1) is 8.95 Å². The summed E-state index contributed by atoms with van der Waals surface area (Å²) in [5, 5.41) is 8.83. The lowest BCUT2D eigenvalue weighted by Gasteiger charge is -2.03. The molecule has 1 aromatic rings. The van der Waals surface area contributed by atoms with Crippen LogP contribution in [0.1, 0.15) is 0 Å². The van der Waals surface area contributed by atoms with Crippen molar-refractivity contribution in [1.82, 2.24) is 0 Å². The van der Waals surface area contributed by atoms with E-state index in [0.717, 1.165) is 0 Å². The molecule has 66 valence electrons. The van der Waals surface area contributed by atoms with Crippen LogP contribution >= 0.6 is 31.9 Å². The van der Waals surface area contributed by atoms with Crippen molar-refractivity contribution in [1.29, 1.82) is 0 Å². The molecule has 1 nitrogen and oxygen atoms in total. The zero-order valence-corrected chi connectivity index (χ0v) is 8.51. The molecule has 0 aliphatic carbocycles. The van der Waals surface area contributed by atoms with Gasteiger partial charge in [0.25, 0.3) is 0 Å². The van der Waals surface area contributed by atoms with E-state index < -0.39 is 23.2 Å². The van der Waals surface area contributed by atoms with Gasteiger partial charge in [0.2, 0.25) is 5.82 Å². The second-order valence-corrected chi connectivity index (χ2v) is 3.50. The molecule has 0 heterocycles. The molecule has 0 bridgehead atoms. The third-order valence-electron chi connectivity index (χ3n) is 1.19. The number of halogens is 5. The normalized spacial score (nSPS) is 10.4. The van der Waals surface area contributed by atoms with Crippen molar-refractivity contribution >= 4 is 31.9 Å². The minimum atomic E-state index is -1.71. The molecule has 0 unspecified atom stereocenters. The van der Waals surface area contributed by atoms with Crippen LogP contribution in [0.2, 0.25) is 0 Å². The van der Waals surface area contributed by atoms with Crippen molar-refractivity contribution in [3.63, 3.8) is 0 Å². The lowest BCUT2D eigenvalue weighted by molar-refractivity contribution is 0.382. The maximum absolute atomic E-state index is 12.6. The molecule has 12 heavy (non-hydrogen) atoms. The minimum Gasteiger partial charge on any atom is -0.504 e. The summed E-state index contributed by atoms with van der Waals surface area (Å²) in [6.07, 6.45) is 0. The molecule has 0 radical (unpaired) electrons. The van der Waals surface area contributed by atoms with E-state index >= 15 is 0 Å². The molecule has 0 amide bonds. The topological polar surface area (TPSA) is 20.2 Å². The van der Waals surface area contributed by atoms with Crippen LogP contribution in [-0.4, -0.2) is 5.11 Å². The van der Waals surface area contributed by atoms with Gasteiger partial charge >= 0.3 is 0 Å². The molecule has 1 rings (SSSR count). The first kappa shape index (κ1) is 9.85. The fourth-order valence-corrected chi connectivity index (χ4v) is 1.30. The average molecular weight is 306 g/mol. The largest absolute Gasteiger partial charge is 0.504 e. The number of hydrogen-bond donors (Lipinski definition) is 1. The lowest BCUT2D eigenvalue weighted by Crippen LogP contribution is -1.93. The molecule has 0 aliphatic heterocycles. The fourth-order valence-electron chi connectivity index (χ4n) is 0.593. The van der Waals surface area contributed by atoms with Crippen LogP contribution in [0, 0.1) is 17.5 Å². The molecule has 1 N–H and O–H groups in total. The van der Waals surface area contributed by atoms with Crippen LogP contribution in [0.4, 0.5) is 13.2 Å². The molecule has 0 fully saturated rings. The Kier molecular flexibility index (Phi) is 2.67. The highest BCUT2D eigenvalue weighted by Crippen LogP contribution is 2.37. The van der Waals surface area contributed by atoms with Crippen molar-refractivity contribution in [3.05, 3.63) is 26.4 Å². The molecule has 0 atom stereocenters. The molecule has 0 spiro atoms. The first-order chi connectivity index (χ1) is 5.46. The van der Waals surface area contributed by atoms with Gasteiger partial charge in [-0.15, -0.1) is 0 Å². The van der Waals surface area contributed by atoms with Gasteiger partial charge in [0.15, 0.2) is 17.4 Å². The number of rotatable bonds is 0. The van der Waals surface area contributed by atoms with E-state index in [0.29, 0.717) is 0 Å². The van der Waals surface area contributed by atoms with Gasteiger partial charge in [-0.05, 0) is 31.9 Å². The highest BCUT2D eigenvalue weighted by molar-refractivity contribution is 9.13. The molecular formula is C6HBr2F3O. The first-order valence-electron chi connectivity index (χ1n) is 2.67. The van der Waals surface area contributed by atoms with E-state index in [1.165, 1.54) is 0 Å². The summed E-state index contributed by atoms with van der Waals surface area (Å²) in [6, 6.07) is 0. The van der Waals surface area contributed by atoms with Gasteiger partial charge in [-0.3, -0.25) is 0 Å². The second-order valence-electron chi connectivity index (χ2n) is 1.92. The SMILES string of the molecule is Oc1c(F)c(F)c(F)c(Br)c1Br. The zero-order valence-electron chi connectivity index (χ0n) is 5.34. The summed E-state index contributed by atoms with van der Waals surface area (Å²) in [6.45, 7) is 0. The van der Waals surface area contributed by atoms with E-state index in [1.54, 1.807) is 0 Å². The first-order valence-corrected chi connectivity index (χ1v) is 4.25. The fraction of sp³-hybridized carbons (Fsp3) is 0. The predicted octanol–water partition coefficient (Wildman–Crippen LogP) is 3.33. The van der Waals surface area contributed by atoms with Crippen LogP contribution in [0.15, 0.2) is 8.95 Å². The van der Waals surface area contributed by atoms with Crippen molar-refractivity contribution in [3.8, 4) is 5.75 Å². The predicted molar refractivity (Wildman–Crippen MR) is 43.4 cm³/mol. The highest BCUT2D eigenvalue weighted by Gasteiger charge is 2.21. The van der Waals surface area contributed by atoms with Gasteiger partial charge in [-0.25, -0.2) is 8.78 Å². The molecular weight excluding hydrogens is 305 g/mol. The maximum atomic E-state index is 12.6. The molecule has 1 aromatic carbocycles. The summed E-state index contributed by atoms with van der Waals surface area (Å²) in [7, 11) is 0. The van der Waals surface area contributed by atoms with Crippen LogP contribution < -0.4 is 0 Å². The van der Waals surface area contributed by atoms with Gasteiger partial charge in [-0.2, -0.15) is 4.39 Å². The second kappa shape index (κ2) is 3.26. The lowest BCUT2D eigenvalue weighted by atomic mass is 10.3. The van der Waals surface area contributed by atoms with E-state index in [9.17, 15) is 13.2 Å². The summed E-state index contributed by atoms with van der Waals surface area (Å²) in [5.74, 6) is -5.65. The Hall–Kier alpha value is -0.230. The number of hydrogen-bond acceptors (Lipinski definition) is 1. The van der Waals surface area contributed by atoms with E-state index in [2.05, 4.69) is 31.9 Å². The summed E-state index contributed by atoms with van der Waals surface area (Å²) in [4.78, 5) is 0. The van der Waals surface area contributed by atoms with E-state index in [4.69, 9.17) is 5.11 Å². The zero-order chi connectivity index (χ0) is 9.46. The standard InChI is InChI=1S/C6HBr2F3O/c7-1-2(8)6(12)5(11)4(10)3(1)9/h12H. The Bertz CT molecular complexity index is 235. The van der Waals surface area contributed by atoms with Gasteiger partial charge in [0, 0.05) is 0 Å². The quantitative estimate of drug-likeness (QED) is 0.576. The van der Waals surface area contributed by atoms with Crippen LogP contribution in [0.25, 0.3) is 0 Å². The molecule has 0 aromatic heterocycles. The van der Waals surface area contributed by atoms with Crippen LogP contribution in [0.3, 0.4) is 0 Å².